The van der Waals surface area contributed by atoms with Crippen LogP contribution >= 0.6 is 35.7 Å². The molecule has 16 heavy (non-hydrogen) atoms. The van der Waals surface area contributed by atoms with Gasteiger partial charge in [-0.1, -0.05) is 37.9 Å². The Labute approximate surface area is 119 Å². The summed E-state index contributed by atoms with van der Waals surface area (Å²) in [6.07, 6.45) is 6.24. The number of halogens is 1. The molecule has 0 bridgehead atoms. The van der Waals surface area contributed by atoms with E-state index in [1.807, 2.05) is 0 Å². The Morgan fingerprint density at radius 1 is 1.25 bits per heavy atom. The first-order chi connectivity index (χ1) is 7.22. The van der Waals surface area contributed by atoms with E-state index in [1.165, 1.54) is 32.1 Å². The smallest absolute Gasteiger partial charge is 0.193 e. The summed E-state index contributed by atoms with van der Waals surface area (Å²) >= 11 is 1.60. The Balaban J connectivity index is 0.00000225. The fraction of sp³-hybridized carbons (Fsp3) is 0.800. The van der Waals surface area contributed by atoms with Crippen molar-refractivity contribution in [3.63, 3.8) is 0 Å². The van der Waals surface area contributed by atoms with Gasteiger partial charge in [-0.05, 0) is 18.6 Å². The molecule has 6 heteroatoms. The third-order valence-corrected chi connectivity index (χ3v) is 3.11. The summed E-state index contributed by atoms with van der Waals surface area (Å²) in [5.41, 5.74) is 10.7. The van der Waals surface area contributed by atoms with Gasteiger partial charge in [-0.3, -0.25) is 4.99 Å². The highest BCUT2D eigenvalue weighted by atomic mass is 127. The molecule has 0 aromatic heterocycles. The number of thioether (sulfide) groups is 1. The minimum Gasteiger partial charge on any atom is -0.370 e. The number of nitrogens with two attached hydrogens (primary N) is 2. The van der Waals surface area contributed by atoms with E-state index in [1.54, 1.807) is 11.8 Å². The molecule has 0 radical (unpaired) electrons. The molecule has 0 unspecified atom stereocenters. The van der Waals surface area contributed by atoms with Crippen LogP contribution < -0.4 is 11.5 Å². The lowest BCUT2D eigenvalue weighted by molar-refractivity contribution is 0.444. The van der Waals surface area contributed by atoms with Gasteiger partial charge in [-0.25, -0.2) is 0 Å². The van der Waals surface area contributed by atoms with Crippen molar-refractivity contribution >= 4 is 46.9 Å². The zero-order valence-corrected chi connectivity index (χ0v) is 12.8. The van der Waals surface area contributed by atoms with Crippen molar-refractivity contribution in [2.24, 2.45) is 21.5 Å². The van der Waals surface area contributed by atoms with E-state index >= 15 is 0 Å². The summed E-state index contributed by atoms with van der Waals surface area (Å²) in [6.45, 7) is 2.07. The number of amidine groups is 1. The first-order valence-corrected chi connectivity index (χ1v) is 6.51. The van der Waals surface area contributed by atoms with Crippen LogP contribution in [-0.4, -0.2) is 22.9 Å². The minimum absolute atomic E-state index is 0. The average Bonchev–Trinajstić information content (AvgIpc) is 2.18. The topological polar surface area (TPSA) is 76.8 Å². The summed E-state index contributed by atoms with van der Waals surface area (Å²) in [6, 6.07) is 0.427. The normalized spacial score (nSPS) is 17.7. The van der Waals surface area contributed by atoms with E-state index in [9.17, 15) is 0 Å². The molecule has 0 atom stereocenters. The van der Waals surface area contributed by atoms with Crippen molar-refractivity contribution in [1.82, 2.24) is 0 Å². The molecule has 1 rings (SSSR count). The minimum atomic E-state index is 0. The van der Waals surface area contributed by atoms with Gasteiger partial charge in [0.15, 0.2) is 11.1 Å². The maximum atomic E-state index is 5.36. The van der Waals surface area contributed by atoms with Crippen LogP contribution in [0.5, 0.6) is 0 Å². The summed E-state index contributed by atoms with van der Waals surface area (Å²) < 4.78 is 0. The fourth-order valence-electron chi connectivity index (χ4n) is 1.70. The third kappa shape index (κ3) is 6.57. The quantitative estimate of drug-likeness (QED) is 0.453. The van der Waals surface area contributed by atoms with Gasteiger partial charge in [0.2, 0.25) is 0 Å². The van der Waals surface area contributed by atoms with E-state index in [2.05, 4.69) is 16.9 Å². The second-order valence-electron chi connectivity index (χ2n) is 3.67. The predicted octanol–water partition coefficient (Wildman–Crippen LogP) is 2.32. The summed E-state index contributed by atoms with van der Waals surface area (Å²) in [7, 11) is 0. The lowest BCUT2D eigenvalue weighted by Crippen LogP contribution is -2.24. The Hall–Kier alpha value is 0.0200. The van der Waals surface area contributed by atoms with Crippen molar-refractivity contribution in [1.29, 1.82) is 0 Å². The molecule has 0 heterocycles. The van der Waals surface area contributed by atoms with Gasteiger partial charge in [0.05, 0.1) is 6.04 Å². The molecular weight excluding hydrogens is 335 g/mol. The molecule has 0 saturated heterocycles. The van der Waals surface area contributed by atoms with Gasteiger partial charge >= 0.3 is 0 Å². The van der Waals surface area contributed by atoms with E-state index in [-0.39, 0.29) is 29.9 Å². The number of hydrogen-bond donors (Lipinski definition) is 2. The SMILES string of the molecule is CCSC(N=C(N)N)=NC1CCCCC1.I. The number of nitrogens with zero attached hydrogens (tertiary/aromatic N) is 2. The van der Waals surface area contributed by atoms with E-state index in [0.717, 1.165) is 10.9 Å². The van der Waals surface area contributed by atoms with Gasteiger partial charge in [0.25, 0.3) is 0 Å². The van der Waals surface area contributed by atoms with Crippen molar-refractivity contribution < 1.29 is 0 Å². The van der Waals surface area contributed by atoms with Crippen molar-refractivity contribution in [2.75, 3.05) is 5.75 Å². The first kappa shape index (κ1) is 16.0. The van der Waals surface area contributed by atoms with E-state index in [0.29, 0.717) is 6.04 Å². The Morgan fingerprint density at radius 3 is 2.38 bits per heavy atom. The van der Waals surface area contributed by atoms with Crippen LogP contribution in [0.15, 0.2) is 9.98 Å². The van der Waals surface area contributed by atoms with Crippen LogP contribution in [0.4, 0.5) is 0 Å². The molecule has 1 fully saturated rings. The van der Waals surface area contributed by atoms with Gasteiger partial charge in [-0.2, -0.15) is 4.99 Å². The van der Waals surface area contributed by atoms with E-state index < -0.39 is 0 Å². The van der Waals surface area contributed by atoms with Crippen molar-refractivity contribution in [3.8, 4) is 0 Å². The number of rotatable bonds is 2. The molecule has 0 spiro atoms. The van der Waals surface area contributed by atoms with Gasteiger partial charge in [0, 0.05) is 0 Å². The second-order valence-corrected chi connectivity index (χ2v) is 4.90. The van der Waals surface area contributed by atoms with Crippen LogP contribution in [0.3, 0.4) is 0 Å². The third-order valence-electron chi connectivity index (χ3n) is 2.37. The molecule has 0 aliphatic heterocycles. The summed E-state index contributed by atoms with van der Waals surface area (Å²) in [5.74, 6) is 1.05. The van der Waals surface area contributed by atoms with Crippen LogP contribution in [0, 0.1) is 0 Å². The lowest BCUT2D eigenvalue weighted by Gasteiger charge is -2.17. The number of hydrogen-bond acceptors (Lipinski definition) is 2. The molecule has 94 valence electrons. The van der Waals surface area contributed by atoms with Gasteiger partial charge in [-0.15, -0.1) is 24.0 Å². The van der Waals surface area contributed by atoms with Crippen molar-refractivity contribution in [3.05, 3.63) is 0 Å². The molecule has 0 amide bonds. The Morgan fingerprint density at radius 2 is 1.88 bits per heavy atom. The fourth-order valence-corrected chi connectivity index (χ4v) is 2.36. The largest absolute Gasteiger partial charge is 0.370 e. The molecule has 0 aromatic rings. The molecule has 0 aromatic carbocycles. The Bertz CT molecular complexity index is 245. The van der Waals surface area contributed by atoms with Crippen LogP contribution in [0.1, 0.15) is 39.0 Å². The van der Waals surface area contributed by atoms with Crippen LogP contribution in [0.25, 0.3) is 0 Å². The van der Waals surface area contributed by atoms with Crippen molar-refractivity contribution in [2.45, 2.75) is 45.1 Å². The molecule has 4 N–H and O–H groups in total. The maximum absolute atomic E-state index is 5.36. The standard InChI is InChI=1S/C10H20N4S.HI/c1-2-15-10(14-9(11)12)13-8-6-4-3-5-7-8;/h8H,2-7H2,1H3,(H4,11,12,13,14);1H. The number of aliphatic imine (C=N–C) groups is 2. The Kier molecular flexibility index (Phi) is 9.10. The highest BCUT2D eigenvalue weighted by Gasteiger charge is 2.13. The van der Waals surface area contributed by atoms with Gasteiger partial charge in [0.1, 0.15) is 0 Å². The monoisotopic (exact) mass is 356 g/mol. The molecular formula is C10H21IN4S. The lowest BCUT2D eigenvalue weighted by atomic mass is 9.96. The average molecular weight is 356 g/mol. The first-order valence-electron chi connectivity index (χ1n) is 5.52. The van der Waals surface area contributed by atoms with Crippen LogP contribution in [-0.2, 0) is 0 Å². The highest BCUT2D eigenvalue weighted by Crippen LogP contribution is 2.21. The van der Waals surface area contributed by atoms with Crippen LogP contribution in [0.2, 0.25) is 0 Å². The molecule has 1 aliphatic rings. The zero-order chi connectivity index (χ0) is 11.1. The van der Waals surface area contributed by atoms with Gasteiger partial charge < -0.3 is 11.5 Å². The maximum Gasteiger partial charge on any atom is 0.193 e. The number of guanidine groups is 1. The second kappa shape index (κ2) is 9.09. The molecule has 4 nitrogen and oxygen atoms in total. The highest BCUT2D eigenvalue weighted by molar-refractivity contribution is 14.0. The molecule has 1 aliphatic carbocycles. The van der Waals surface area contributed by atoms with E-state index in [4.69, 9.17) is 11.5 Å². The predicted molar refractivity (Wildman–Crippen MR) is 83.7 cm³/mol. The molecule has 1 saturated carbocycles. The summed E-state index contributed by atoms with van der Waals surface area (Å²) in [5, 5.41) is 0.740. The summed E-state index contributed by atoms with van der Waals surface area (Å²) in [4.78, 5) is 8.64. The zero-order valence-electron chi connectivity index (χ0n) is 9.69.